The van der Waals surface area contributed by atoms with Crippen LogP contribution in [-0.2, 0) is 29.5 Å². The Morgan fingerprint density at radius 2 is 1.58 bits per heavy atom. The summed E-state index contributed by atoms with van der Waals surface area (Å²) in [4.78, 5) is 15.3. The van der Waals surface area contributed by atoms with Crippen LogP contribution in [-0.4, -0.2) is 28.6 Å². The molecule has 0 fully saturated rings. The van der Waals surface area contributed by atoms with Crippen LogP contribution in [0.1, 0.15) is 28.4 Å². The summed E-state index contributed by atoms with van der Waals surface area (Å²) >= 11 is 0. The van der Waals surface area contributed by atoms with Crippen molar-refractivity contribution in [3.63, 3.8) is 0 Å². The van der Waals surface area contributed by atoms with Gasteiger partial charge in [0.25, 0.3) is 0 Å². The van der Waals surface area contributed by atoms with Crippen molar-refractivity contribution in [2.75, 3.05) is 7.11 Å². The standard InChI is InChI=1S/C27H26N2O2/c1-28-23-16-10-9-15-21(23)22-17-24(27(30)31-2)29(18-19-11-5-3-6-12-19)25(26(22)28)20-13-7-4-8-14-20/h3-16,24-25H,17-18H2,1-2H3/t24-,25-/m0/s1. The van der Waals surface area contributed by atoms with Gasteiger partial charge in [0.1, 0.15) is 6.04 Å². The Bertz CT molecular complexity index is 1210. The number of rotatable bonds is 4. The lowest BCUT2D eigenvalue weighted by Crippen LogP contribution is -2.49. The van der Waals surface area contributed by atoms with Gasteiger partial charge in [-0.3, -0.25) is 9.69 Å². The molecule has 4 nitrogen and oxygen atoms in total. The van der Waals surface area contributed by atoms with Gasteiger partial charge in [0.15, 0.2) is 0 Å². The van der Waals surface area contributed by atoms with Crippen LogP contribution in [0.4, 0.5) is 0 Å². The number of aryl methyl sites for hydroxylation is 1. The van der Waals surface area contributed by atoms with E-state index in [2.05, 4.69) is 77.2 Å². The zero-order chi connectivity index (χ0) is 21.4. The molecule has 2 atom stereocenters. The number of para-hydroxylation sites is 1. The van der Waals surface area contributed by atoms with Crippen molar-refractivity contribution in [1.82, 2.24) is 9.47 Å². The molecule has 2 heterocycles. The van der Waals surface area contributed by atoms with Gasteiger partial charge in [-0.25, -0.2) is 0 Å². The van der Waals surface area contributed by atoms with Crippen molar-refractivity contribution in [3.8, 4) is 0 Å². The van der Waals surface area contributed by atoms with Gasteiger partial charge in [-0.05, 0) is 22.8 Å². The van der Waals surface area contributed by atoms with E-state index in [1.54, 1.807) is 0 Å². The van der Waals surface area contributed by atoms with Crippen LogP contribution in [0.2, 0.25) is 0 Å². The molecule has 1 aliphatic rings. The highest BCUT2D eigenvalue weighted by Gasteiger charge is 2.42. The van der Waals surface area contributed by atoms with Crippen LogP contribution in [0, 0.1) is 0 Å². The van der Waals surface area contributed by atoms with Gasteiger partial charge in [-0.15, -0.1) is 0 Å². The summed E-state index contributed by atoms with van der Waals surface area (Å²) in [5.74, 6) is -0.185. The van der Waals surface area contributed by atoms with E-state index in [1.807, 2.05) is 24.3 Å². The summed E-state index contributed by atoms with van der Waals surface area (Å²) in [6.07, 6.45) is 0.638. The largest absolute Gasteiger partial charge is 0.468 e. The minimum absolute atomic E-state index is 0.0494. The first-order chi connectivity index (χ1) is 15.2. The van der Waals surface area contributed by atoms with E-state index < -0.39 is 0 Å². The lowest BCUT2D eigenvalue weighted by molar-refractivity contribution is -0.148. The van der Waals surface area contributed by atoms with Gasteiger partial charge in [0.2, 0.25) is 0 Å². The monoisotopic (exact) mass is 410 g/mol. The number of esters is 1. The van der Waals surface area contributed by atoms with Gasteiger partial charge >= 0.3 is 5.97 Å². The summed E-state index contributed by atoms with van der Waals surface area (Å²) in [5, 5.41) is 1.22. The van der Waals surface area contributed by atoms with E-state index in [9.17, 15) is 4.79 Å². The molecule has 1 aliphatic heterocycles. The van der Waals surface area contributed by atoms with Crippen LogP contribution in [0.3, 0.4) is 0 Å². The normalized spacial score (nSPS) is 18.6. The van der Waals surface area contributed by atoms with Crippen molar-refractivity contribution in [2.24, 2.45) is 7.05 Å². The highest BCUT2D eigenvalue weighted by atomic mass is 16.5. The molecule has 0 aliphatic carbocycles. The lowest BCUT2D eigenvalue weighted by Gasteiger charge is -2.41. The third-order valence-corrected chi connectivity index (χ3v) is 6.45. The highest BCUT2D eigenvalue weighted by Crippen LogP contribution is 2.43. The zero-order valence-electron chi connectivity index (χ0n) is 17.9. The Morgan fingerprint density at radius 1 is 0.935 bits per heavy atom. The molecular weight excluding hydrogens is 384 g/mol. The van der Waals surface area contributed by atoms with Gasteiger partial charge in [0, 0.05) is 36.6 Å². The van der Waals surface area contributed by atoms with Crippen molar-refractivity contribution in [2.45, 2.75) is 25.0 Å². The number of carbonyl (C=O) groups excluding carboxylic acids is 1. The van der Waals surface area contributed by atoms with E-state index in [0.717, 1.165) is 0 Å². The summed E-state index contributed by atoms with van der Waals surface area (Å²) in [6, 6.07) is 28.9. The fourth-order valence-electron chi connectivity index (χ4n) is 5.04. The number of nitrogens with zero attached hydrogens (tertiary/aromatic N) is 2. The van der Waals surface area contributed by atoms with Crippen LogP contribution < -0.4 is 0 Å². The number of ether oxygens (including phenoxy) is 1. The molecule has 0 unspecified atom stereocenters. The molecule has 0 bridgehead atoms. The first kappa shape index (κ1) is 19.6. The number of hydrogen-bond donors (Lipinski definition) is 0. The average Bonchev–Trinajstić information content (AvgIpc) is 3.11. The number of benzene rings is 3. The number of carbonyl (C=O) groups is 1. The predicted octanol–water partition coefficient (Wildman–Crippen LogP) is 4.87. The molecule has 0 radical (unpaired) electrons. The molecular formula is C27H26N2O2. The molecule has 31 heavy (non-hydrogen) atoms. The fraction of sp³-hybridized carbons (Fsp3) is 0.222. The Hall–Kier alpha value is -3.37. The molecule has 1 aromatic heterocycles. The van der Waals surface area contributed by atoms with Crippen molar-refractivity contribution >= 4 is 16.9 Å². The first-order valence-corrected chi connectivity index (χ1v) is 10.7. The lowest BCUT2D eigenvalue weighted by atomic mass is 9.87. The van der Waals surface area contributed by atoms with Crippen molar-refractivity contribution in [3.05, 3.63) is 107 Å². The van der Waals surface area contributed by atoms with Gasteiger partial charge in [-0.1, -0.05) is 78.9 Å². The smallest absolute Gasteiger partial charge is 0.323 e. The van der Waals surface area contributed by atoms with Crippen molar-refractivity contribution in [1.29, 1.82) is 0 Å². The Morgan fingerprint density at radius 3 is 2.29 bits per heavy atom. The van der Waals surface area contributed by atoms with Crippen LogP contribution in [0.5, 0.6) is 0 Å². The van der Waals surface area contributed by atoms with E-state index >= 15 is 0 Å². The molecule has 5 rings (SSSR count). The van der Waals surface area contributed by atoms with E-state index in [1.165, 1.54) is 40.4 Å². The molecule has 4 aromatic rings. The summed E-state index contributed by atoms with van der Waals surface area (Å²) in [6.45, 7) is 0.668. The van der Waals surface area contributed by atoms with Gasteiger partial charge < -0.3 is 9.30 Å². The van der Waals surface area contributed by atoms with Crippen LogP contribution in [0.25, 0.3) is 10.9 Å². The molecule has 0 saturated carbocycles. The fourth-order valence-corrected chi connectivity index (χ4v) is 5.04. The minimum Gasteiger partial charge on any atom is -0.468 e. The molecule has 156 valence electrons. The minimum atomic E-state index is -0.353. The molecule has 0 spiro atoms. The second-order valence-electron chi connectivity index (χ2n) is 8.15. The Balaban J connectivity index is 1.75. The molecule has 4 heteroatoms. The van der Waals surface area contributed by atoms with E-state index in [4.69, 9.17) is 4.74 Å². The van der Waals surface area contributed by atoms with E-state index in [-0.39, 0.29) is 18.1 Å². The van der Waals surface area contributed by atoms with Crippen molar-refractivity contribution < 1.29 is 9.53 Å². The van der Waals surface area contributed by atoms with Crippen LogP contribution in [0.15, 0.2) is 84.9 Å². The number of methoxy groups -OCH3 is 1. The summed E-state index contributed by atoms with van der Waals surface area (Å²) in [7, 11) is 3.62. The van der Waals surface area contributed by atoms with Gasteiger partial charge in [0.05, 0.1) is 13.2 Å². The second kappa shape index (κ2) is 8.05. The topological polar surface area (TPSA) is 34.5 Å². The summed E-state index contributed by atoms with van der Waals surface area (Å²) in [5.41, 5.74) is 6.05. The third kappa shape index (κ3) is 3.33. The number of fused-ring (bicyclic) bond motifs is 3. The SMILES string of the molecule is COC(=O)[C@@H]1Cc2c(n(C)c3ccccc23)[C@H](c2ccccc2)N1Cc1ccccc1. The quantitative estimate of drug-likeness (QED) is 0.450. The van der Waals surface area contributed by atoms with E-state index in [0.29, 0.717) is 13.0 Å². The molecule has 0 amide bonds. The third-order valence-electron chi connectivity index (χ3n) is 6.45. The maximum Gasteiger partial charge on any atom is 0.323 e. The second-order valence-corrected chi connectivity index (χ2v) is 8.15. The highest BCUT2D eigenvalue weighted by molar-refractivity contribution is 5.88. The molecule has 0 N–H and O–H groups in total. The van der Waals surface area contributed by atoms with Gasteiger partial charge in [-0.2, -0.15) is 0 Å². The number of aromatic nitrogens is 1. The number of hydrogen-bond acceptors (Lipinski definition) is 3. The molecule has 0 saturated heterocycles. The Labute approximate surface area is 182 Å². The molecule has 3 aromatic carbocycles. The Kier molecular flexibility index (Phi) is 5.08. The first-order valence-electron chi connectivity index (χ1n) is 10.7. The average molecular weight is 411 g/mol. The zero-order valence-corrected chi connectivity index (χ0v) is 17.9. The maximum atomic E-state index is 13.0. The predicted molar refractivity (Wildman–Crippen MR) is 123 cm³/mol. The summed E-state index contributed by atoms with van der Waals surface area (Å²) < 4.78 is 7.59. The maximum absolute atomic E-state index is 13.0. The van der Waals surface area contributed by atoms with Crippen LogP contribution >= 0.6 is 0 Å².